The first kappa shape index (κ1) is 10.2. The molecule has 0 aromatic heterocycles. The third-order valence-corrected chi connectivity index (χ3v) is 2.01. The zero-order valence-corrected chi connectivity index (χ0v) is 7.90. The lowest BCUT2D eigenvalue weighted by Crippen LogP contribution is -2.13. The van der Waals surface area contributed by atoms with Crippen molar-refractivity contribution < 1.29 is 9.72 Å². The van der Waals surface area contributed by atoms with E-state index in [4.69, 9.17) is 5.73 Å². The van der Waals surface area contributed by atoms with E-state index in [1.54, 1.807) is 13.8 Å². The maximum atomic E-state index is 10.9. The smallest absolute Gasteiger partial charge is 0.272 e. The lowest BCUT2D eigenvalue weighted by atomic mass is 10.0. The summed E-state index contributed by atoms with van der Waals surface area (Å²) in [6.07, 6.45) is 0. The molecule has 1 aromatic rings. The lowest BCUT2D eigenvalue weighted by molar-refractivity contribution is -0.385. The van der Waals surface area contributed by atoms with Crippen LogP contribution in [0.15, 0.2) is 12.1 Å². The fourth-order valence-corrected chi connectivity index (χ4v) is 1.26. The molecule has 0 spiro atoms. The lowest BCUT2D eigenvalue weighted by Gasteiger charge is -2.03. The van der Waals surface area contributed by atoms with Crippen LogP contribution in [0, 0.1) is 24.0 Å². The van der Waals surface area contributed by atoms with Crippen molar-refractivity contribution in [3.63, 3.8) is 0 Å². The second-order valence-corrected chi connectivity index (χ2v) is 3.07. The highest BCUT2D eigenvalue weighted by atomic mass is 16.6. The molecule has 14 heavy (non-hydrogen) atoms. The van der Waals surface area contributed by atoms with Crippen LogP contribution in [0.1, 0.15) is 21.5 Å². The van der Waals surface area contributed by atoms with Crippen molar-refractivity contribution in [2.24, 2.45) is 5.73 Å². The average molecular weight is 194 g/mol. The monoisotopic (exact) mass is 194 g/mol. The molecule has 0 aliphatic heterocycles. The van der Waals surface area contributed by atoms with E-state index in [1.165, 1.54) is 12.1 Å². The molecule has 0 bridgehead atoms. The molecule has 1 amide bonds. The molecule has 0 fully saturated rings. The number of benzene rings is 1. The topological polar surface area (TPSA) is 86.2 Å². The van der Waals surface area contributed by atoms with Crippen LogP contribution in [-0.2, 0) is 0 Å². The van der Waals surface area contributed by atoms with Crippen molar-refractivity contribution in [1.82, 2.24) is 0 Å². The minimum Gasteiger partial charge on any atom is -0.366 e. The van der Waals surface area contributed by atoms with Gasteiger partial charge in [0.15, 0.2) is 0 Å². The van der Waals surface area contributed by atoms with E-state index < -0.39 is 10.8 Å². The average Bonchev–Trinajstić information content (AvgIpc) is 2.07. The van der Waals surface area contributed by atoms with E-state index in [-0.39, 0.29) is 5.69 Å². The Labute approximate surface area is 80.7 Å². The minimum absolute atomic E-state index is 0.00694. The van der Waals surface area contributed by atoms with Crippen LogP contribution in [0.3, 0.4) is 0 Å². The molecule has 1 aromatic carbocycles. The van der Waals surface area contributed by atoms with E-state index in [9.17, 15) is 14.9 Å². The number of carbonyl (C=O) groups is 1. The van der Waals surface area contributed by atoms with E-state index in [1.807, 2.05) is 0 Å². The predicted octanol–water partition coefficient (Wildman–Crippen LogP) is 1.31. The summed E-state index contributed by atoms with van der Waals surface area (Å²) in [5, 5.41) is 10.5. The summed E-state index contributed by atoms with van der Waals surface area (Å²) in [5.74, 6) is -0.569. The van der Waals surface area contributed by atoms with Crippen LogP contribution >= 0.6 is 0 Å². The third kappa shape index (κ3) is 1.71. The number of primary amides is 1. The Bertz CT molecular complexity index is 373. The van der Waals surface area contributed by atoms with Gasteiger partial charge in [-0.2, -0.15) is 0 Å². The van der Waals surface area contributed by atoms with Gasteiger partial charge in [0, 0.05) is 17.2 Å². The molecule has 0 saturated heterocycles. The Morgan fingerprint density at radius 1 is 1.36 bits per heavy atom. The number of nitrogens with zero attached hydrogens (tertiary/aromatic N) is 1. The normalized spacial score (nSPS) is 9.86. The Kier molecular flexibility index (Phi) is 2.51. The summed E-state index contributed by atoms with van der Waals surface area (Å²) >= 11 is 0. The zero-order chi connectivity index (χ0) is 10.9. The highest BCUT2D eigenvalue weighted by molar-refractivity contribution is 5.94. The van der Waals surface area contributed by atoms with Crippen LogP contribution in [0.2, 0.25) is 0 Å². The minimum atomic E-state index is -0.569. The van der Waals surface area contributed by atoms with Crippen molar-refractivity contribution >= 4 is 11.6 Å². The van der Waals surface area contributed by atoms with Gasteiger partial charge in [-0.15, -0.1) is 0 Å². The van der Waals surface area contributed by atoms with Crippen molar-refractivity contribution in [3.05, 3.63) is 38.9 Å². The molecule has 5 nitrogen and oxygen atoms in total. The molecule has 0 radical (unpaired) electrons. The Morgan fingerprint density at radius 2 is 1.93 bits per heavy atom. The number of hydrogen-bond donors (Lipinski definition) is 1. The number of amides is 1. The van der Waals surface area contributed by atoms with Crippen LogP contribution < -0.4 is 5.73 Å². The SMILES string of the molecule is Cc1cc([N+](=O)[O-])c(C)cc1C(N)=O. The van der Waals surface area contributed by atoms with Gasteiger partial charge in [0.05, 0.1) is 4.92 Å². The first-order chi connectivity index (χ1) is 6.43. The van der Waals surface area contributed by atoms with Crippen LogP contribution in [0.25, 0.3) is 0 Å². The summed E-state index contributed by atoms with van der Waals surface area (Å²) < 4.78 is 0. The Balaban J connectivity index is 3.38. The van der Waals surface area contributed by atoms with Crippen molar-refractivity contribution in [2.45, 2.75) is 13.8 Å². The maximum absolute atomic E-state index is 10.9. The summed E-state index contributed by atoms with van der Waals surface area (Å²) in [5.41, 5.74) is 6.40. The fraction of sp³-hybridized carbons (Fsp3) is 0.222. The number of carbonyl (C=O) groups excluding carboxylic acids is 1. The summed E-state index contributed by atoms with van der Waals surface area (Å²) in [6.45, 7) is 3.19. The first-order valence-electron chi connectivity index (χ1n) is 3.99. The maximum Gasteiger partial charge on any atom is 0.272 e. The van der Waals surface area contributed by atoms with Gasteiger partial charge in [0.25, 0.3) is 5.69 Å². The zero-order valence-electron chi connectivity index (χ0n) is 7.90. The van der Waals surface area contributed by atoms with Gasteiger partial charge in [-0.3, -0.25) is 14.9 Å². The quantitative estimate of drug-likeness (QED) is 0.568. The molecule has 74 valence electrons. The number of aryl methyl sites for hydroxylation is 2. The standard InChI is InChI=1S/C9H10N2O3/c1-5-4-8(11(13)14)6(2)3-7(5)9(10)12/h3-4H,1-2H3,(H2,10,12). The van der Waals surface area contributed by atoms with Gasteiger partial charge in [-0.25, -0.2) is 0 Å². The van der Waals surface area contributed by atoms with E-state index >= 15 is 0 Å². The van der Waals surface area contributed by atoms with Crippen LogP contribution in [-0.4, -0.2) is 10.8 Å². The van der Waals surface area contributed by atoms with Crippen molar-refractivity contribution in [3.8, 4) is 0 Å². The first-order valence-corrected chi connectivity index (χ1v) is 3.99. The van der Waals surface area contributed by atoms with Gasteiger partial charge in [0.2, 0.25) is 5.91 Å². The number of rotatable bonds is 2. The molecule has 0 heterocycles. The largest absolute Gasteiger partial charge is 0.366 e. The fourth-order valence-electron chi connectivity index (χ4n) is 1.26. The predicted molar refractivity (Wildman–Crippen MR) is 51.1 cm³/mol. The van der Waals surface area contributed by atoms with Gasteiger partial charge in [-0.05, 0) is 25.5 Å². The van der Waals surface area contributed by atoms with Crippen molar-refractivity contribution in [1.29, 1.82) is 0 Å². The molecule has 0 unspecified atom stereocenters. The molecule has 2 N–H and O–H groups in total. The van der Waals surface area contributed by atoms with Crippen molar-refractivity contribution in [2.75, 3.05) is 0 Å². The molecule has 0 saturated carbocycles. The Morgan fingerprint density at radius 3 is 2.36 bits per heavy atom. The molecular formula is C9H10N2O3. The highest BCUT2D eigenvalue weighted by Gasteiger charge is 2.15. The Hall–Kier alpha value is -1.91. The van der Waals surface area contributed by atoms with Crippen LogP contribution in [0.4, 0.5) is 5.69 Å². The summed E-state index contributed by atoms with van der Waals surface area (Å²) in [7, 11) is 0. The number of nitro groups is 1. The summed E-state index contributed by atoms with van der Waals surface area (Å²) in [6, 6.07) is 2.80. The van der Waals surface area contributed by atoms with Gasteiger partial charge < -0.3 is 5.73 Å². The number of nitrogens with two attached hydrogens (primary N) is 1. The third-order valence-electron chi connectivity index (χ3n) is 2.01. The molecule has 1 rings (SSSR count). The van der Waals surface area contributed by atoms with Gasteiger partial charge in [-0.1, -0.05) is 0 Å². The highest BCUT2D eigenvalue weighted by Crippen LogP contribution is 2.22. The van der Waals surface area contributed by atoms with E-state index in [0.29, 0.717) is 16.7 Å². The van der Waals surface area contributed by atoms with Crippen LogP contribution in [0.5, 0.6) is 0 Å². The second kappa shape index (κ2) is 3.45. The molecule has 0 aliphatic rings. The molecule has 0 atom stereocenters. The van der Waals surface area contributed by atoms with Gasteiger partial charge in [0.1, 0.15) is 0 Å². The second-order valence-electron chi connectivity index (χ2n) is 3.07. The summed E-state index contributed by atoms with van der Waals surface area (Å²) in [4.78, 5) is 21.0. The van der Waals surface area contributed by atoms with E-state index in [0.717, 1.165) is 0 Å². The van der Waals surface area contributed by atoms with E-state index in [2.05, 4.69) is 0 Å². The molecule has 5 heteroatoms. The van der Waals surface area contributed by atoms with Gasteiger partial charge >= 0.3 is 0 Å². The molecular weight excluding hydrogens is 184 g/mol. The number of nitro benzene ring substituents is 1. The molecule has 0 aliphatic carbocycles. The number of hydrogen-bond acceptors (Lipinski definition) is 3.